The maximum atomic E-state index is 4.80. The van der Waals surface area contributed by atoms with E-state index >= 15 is 0 Å². The lowest BCUT2D eigenvalue weighted by molar-refractivity contribution is 0.322. The van der Waals surface area contributed by atoms with Gasteiger partial charge in [-0.1, -0.05) is 49.4 Å². The van der Waals surface area contributed by atoms with Crippen molar-refractivity contribution < 1.29 is 0 Å². The molecule has 1 atom stereocenters. The molecule has 0 spiro atoms. The lowest BCUT2D eigenvalue weighted by atomic mass is 9.86. The van der Waals surface area contributed by atoms with E-state index in [1.54, 1.807) is 0 Å². The van der Waals surface area contributed by atoms with Crippen LogP contribution >= 0.6 is 0 Å². The van der Waals surface area contributed by atoms with Gasteiger partial charge in [0.05, 0.1) is 5.52 Å². The van der Waals surface area contributed by atoms with Crippen LogP contribution in [0.25, 0.3) is 10.9 Å². The van der Waals surface area contributed by atoms with Gasteiger partial charge in [0.1, 0.15) is 5.82 Å². The van der Waals surface area contributed by atoms with E-state index in [4.69, 9.17) is 9.97 Å². The molecule has 0 amide bonds. The SMILES string of the molecule is CC(CNCC1CCC(Nc2nc(N(C)C)c3ccccc3n2)CC1)c1ccccc1. The van der Waals surface area contributed by atoms with Gasteiger partial charge in [-0.05, 0) is 61.8 Å². The first kappa shape index (κ1) is 21.6. The Kier molecular flexibility index (Phi) is 7.03. The Morgan fingerprint density at radius 2 is 1.65 bits per heavy atom. The van der Waals surface area contributed by atoms with Gasteiger partial charge < -0.3 is 15.5 Å². The van der Waals surface area contributed by atoms with Crippen LogP contribution in [-0.2, 0) is 0 Å². The molecule has 5 nitrogen and oxygen atoms in total. The molecule has 1 aliphatic carbocycles. The third-order valence-corrected chi connectivity index (χ3v) is 6.44. The molecule has 0 saturated heterocycles. The van der Waals surface area contributed by atoms with E-state index in [9.17, 15) is 0 Å². The molecule has 0 aliphatic heterocycles. The molecule has 1 aliphatic rings. The van der Waals surface area contributed by atoms with E-state index < -0.39 is 0 Å². The quantitative estimate of drug-likeness (QED) is 0.536. The molecule has 164 valence electrons. The van der Waals surface area contributed by atoms with E-state index in [1.807, 2.05) is 26.2 Å². The summed E-state index contributed by atoms with van der Waals surface area (Å²) in [4.78, 5) is 11.6. The Labute approximate surface area is 186 Å². The number of nitrogens with zero attached hydrogens (tertiary/aromatic N) is 3. The Bertz CT molecular complexity index is 964. The van der Waals surface area contributed by atoms with Crippen molar-refractivity contribution in [3.63, 3.8) is 0 Å². The van der Waals surface area contributed by atoms with Gasteiger partial charge in [-0.2, -0.15) is 4.98 Å². The van der Waals surface area contributed by atoms with Gasteiger partial charge in [-0.25, -0.2) is 4.98 Å². The first-order valence-corrected chi connectivity index (χ1v) is 11.6. The number of benzene rings is 2. The molecule has 1 unspecified atom stereocenters. The minimum absolute atomic E-state index is 0.454. The highest BCUT2D eigenvalue weighted by atomic mass is 15.2. The van der Waals surface area contributed by atoms with E-state index in [0.717, 1.165) is 41.7 Å². The second kappa shape index (κ2) is 10.1. The maximum Gasteiger partial charge on any atom is 0.225 e. The molecule has 0 bridgehead atoms. The van der Waals surface area contributed by atoms with Crippen LogP contribution in [0, 0.1) is 5.92 Å². The number of para-hydroxylation sites is 1. The Balaban J connectivity index is 1.27. The van der Waals surface area contributed by atoms with Crippen molar-refractivity contribution in [3.05, 3.63) is 60.2 Å². The highest BCUT2D eigenvalue weighted by Gasteiger charge is 2.22. The molecule has 1 aromatic heterocycles. The standard InChI is InChI=1S/C26H35N5/c1-19(21-9-5-4-6-10-21)17-27-18-20-13-15-22(16-14-20)28-26-29-24-12-8-7-11-23(24)25(30-26)31(2)3/h4-12,19-20,22,27H,13-18H2,1-3H3,(H,28,29,30). The summed E-state index contributed by atoms with van der Waals surface area (Å²) in [6.07, 6.45) is 4.85. The molecule has 2 aromatic carbocycles. The molecular formula is C26H35N5. The number of anilines is 2. The van der Waals surface area contributed by atoms with Crippen LogP contribution in [0.2, 0.25) is 0 Å². The fourth-order valence-electron chi connectivity index (χ4n) is 4.56. The van der Waals surface area contributed by atoms with Gasteiger partial charge in [0.15, 0.2) is 0 Å². The normalized spacial score (nSPS) is 19.8. The van der Waals surface area contributed by atoms with Crippen LogP contribution in [0.5, 0.6) is 0 Å². The molecule has 3 aromatic rings. The van der Waals surface area contributed by atoms with Crippen LogP contribution in [-0.4, -0.2) is 43.2 Å². The summed E-state index contributed by atoms with van der Waals surface area (Å²) >= 11 is 0. The molecule has 1 saturated carbocycles. The van der Waals surface area contributed by atoms with Crippen molar-refractivity contribution in [2.24, 2.45) is 5.92 Å². The minimum Gasteiger partial charge on any atom is -0.362 e. The summed E-state index contributed by atoms with van der Waals surface area (Å²) in [6.45, 7) is 4.45. The Morgan fingerprint density at radius 3 is 2.39 bits per heavy atom. The molecular weight excluding hydrogens is 382 g/mol. The molecule has 31 heavy (non-hydrogen) atoms. The first-order chi connectivity index (χ1) is 15.1. The zero-order valence-corrected chi connectivity index (χ0v) is 19.0. The highest BCUT2D eigenvalue weighted by Crippen LogP contribution is 2.28. The van der Waals surface area contributed by atoms with Crippen LogP contribution in [0.15, 0.2) is 54.6 Å². The van der Waals surface area contributed by atoms with Gasteiger partial charge in [-0.3, -0.25) is 0 Å². The summed E-state index contributed by atoms with van der Waals surface area (Å²) in [5.41, 5.74) is 2.41. The lowest BCUT2D eigenvalue weighted by Crippen LogP contribution is -2.33. The number of fused-ring (bicyclic) bond motifs is 1. The summed E-state index contributed by atoms with van der Waals surface area (Å²) in [6, 6.07) is 19.5. The average Bonchev–Trinajstić information content (AvgIpc) is 2.80. The summed E-state index contributed by atoms with van der Waals surface area (Å²) < 4.78 is 0. The molecule has 1 fully saturated rings. The van der Waals surface area contributed by atoms with Crippen molar-refractivity contribution in [1.82, 2.24) is 15.3 Å². The van der Waals surface area contributed by atoms with Crippen LogP contribution < -0.4 is 15.5 Å². The number of hydrogen-bond donors (Lipinski definition) is 2. The number of nitrogens with one attached hydrogen (secondary N) is 2. The second-order valence-electron chi connectivity index (χ2n) is 9.11. The number of rotatable bonds is 8. The Hall–Kier alpha value is -2.66. The van der Waals surface area contributed by atoms with Crippen molar-refractivity contribution in [1.29, 1.82) is 0 Å². The second-order valence-corrected chi connectivity index (χ2v) is 9.11. The summed E-state index contributed by atoms with van der Waals surface area (Å²) in [5, 5.41) is 8.42. The van der Waals surface area contributed by atoms with E-state index in [0.29, 0.717) is 12.0 Å². The predicted octanol–water partition coefficient (Wildman–Crippen LogP) is 5.06. The fourth-order valence-corrected chi connectivity index (χ4v) is 4.56. The van der Waals surface area contributed by atoms with Crippen LogP contribution in [0.1, 0.15) is 44.1 Å². The van der Waals surface area contributed by atoms with Crippen LogP contribution in [0.3, 0.4) is 0 Å². The van der Waals surface area contributed by atoms with Gasteiger partial charge in [0.2, 0.25) is 5.95 Å². The fraction of sp³-hybridized carbons (Fsp3) is 0.462. The molecule has 0 radical (unpaired) electrons. The molecule has 1 heterocycles. The van der Waals surface area contributed by atoms with Crippen molar-refractivity contribution in [2.45, 2.75) is 44.6 Å². The lowest BCUT2D eigenvalue weighted by Gasteiger charge is -2.30. The van der Waals surface area contributed by atoms with Gasteiger partial charge in [-0.15, -0.1) is 0 Å². The number of aromatic nitrogens is 2. The van der Waals surface area contributed by atoms with Gasteiger partial charge in [0, 0.05) is 32.1 Å². The van der Waals surface area contributed by atoms with Gasteiger partial charge in [0.25, 0.3) is 0 Å². The molecule has 2 N–H and O–H groups in total. The van der Waals surface area contributed by atoms with E-state index in [1.165, 1.54) is 31.2 Å². The highest BCUT2D eigenvalue weighted by molar-refractivity contribution is 5.90. The van der Waals surface area contributed by atoms with Crippen molar-refractivity contribution in [2.75, 3.05) is 37.4 Å². The van der Waals surface area contributed by atoms with Gasteiger partial charge >= 0.3 is 0 Å². The summed E-state index contributed by atoms with van der Waals surface area (Å²) in [5.74, 6) is 3.03. The average molecular weight is 418 g/mol. The van der Waals surface area contributed by atoms with E-state index in [2.05, 4.69) is 64.9 Å². The predicted molar refractivity (Wildman–Crippen MR) is 131 cm³/mol. The van der Waals surface area contributed by atoms with Crippen molar-refractivity contribution in [3.8, 4) is 0 Å². The third-order valence-electron chi connectivity index (χ3n) is 6.44. The number of hydrogen-bond acceptors (Lipinski definition) is 5. The zero-order chi connectivity index (χ0) is 21.6. The third kappa shape index (κ3) is 5.53. The Morgan fingerprint density at radius 1 is 0.935 bits per heavy atom. The molecule has 5 heteroatoms. The van der Waals surface area contributed by atoms with E-state index in [-0.39, 0.29) is 0 Å². The maximum absolute atomic E-state index is 4.80. The van der Waals surface area contributed by atoms with Crippen LogP contribution in [0.4, 0.5) is 11.8 Å². The summed E-state index contributed by atoms with van der Waals surface area (Å²) in [7, 11) is 4.07. The smallest absolute Gasteiger partial charge is 0.225 e. The molecule has 4 rings (SSSR count). The zero-order valence-electron chi connectivity index (χ0n) is 19.0. The first-order valence-electron chi connectivity index (χ1n) is 11.6. The van der Waals surface area contributed by atoms with Crippen molar-refractivity contribution >= 4 is 22.7 Å². The topological polar surface area (TPSA) is 53.1 Å². The monoisotopic (exact) mass is 417 g/mol. The minimum atomic E-state index is 0.454. The largest absolute Gasteiger partial charge is 0.362 e.